The number of piperidine rings is 1. The normalized spacial score (nSPS) is 18.5. The lowest BCUT2D eigenvalue weighted by atomic mass is 9.72. The Labute approximate surface area is 173 Å². The van der Waals surface area contributed by atoms with Gasteiger partial charge in [-0.2, -0.15) is 0 Å². The molecule has 0 unspecified atom stereocenters. The second-order valence-corrected chi connectivity index (χ2v) is 7.22. The molecule has 1 aliphatic heterocycles. The maximum atomic E-state index is 13.8. The van der Waals surface area contributed by atoms with Crippen molar-refractivity contribution in [2.75, 3.05) is 10.6 Å². The first kappa shape index (κ1) is 21.2. The van der Waals surface area contributed by atoms with Crippen molar-refractivity contribution in [1.29, 1.82) is 0 Å². The Morgan fingerprint density at radius 1 is 1.10 bits per heavy atom. The lowest BCUT2D eigenvalue weighted by Crippen LogP contribution is -2.51. The number of anilines is 2. The van der Waals surface area contributed by atoms with Crippen LogP contribution in [0.5, 0.6) is 0 Å². The van der Waals surface area contributed by atoms with Gasteiger partial charge < -0.3 is 10.6 Å². The van der Waals surface area contributed by atoms with Gasteiger partial charge in [-0.15, -0.1) is 0 Å². The minimum atomic E-state index is -0.777. The number of hydrogen-bond donors (Lipinski definition) is 3. The monoisotopic (exact) mass is 411 g/mol. The summed E-state index contributed by atoms with van der Waals surface area (Å²) in [5.74, 6) is -2.14. The number of halogens is 1. The number of hydrogen-bond acceptors (Lipinski definition) is 4. The summed E-state index contributed by atoms with van der Waals surface area (Å²) in [6, 6.07) is 10.5. The zero-order chi connectivity index (χ0) is 21.9. The van der Waals surface area contributed by atoms with Crippen LogP contribution in [-0.2, 0) is 19.8 Å². The van der Waals surface area contributed by atoms with E-state index in [1.807, 2.05) is 6.92 Å². The van der Waals surface area contributed by atoms with Crippen LogP contribution in [0.25, 0.3) is 0 Å². The van der Waals surface area contributed by atoms with Crippen molar-refractivity contribution in [2.45, 2.75) is 38.5 Å². The van der Waals surface area contributed by atoms with Crippen LogP contribution in [0.1, 0.15) is 49.0 Å². The SMILES string of the molecule is CC[C@]1(c2ccc(NC(=O)c3ccc(F)c(NC(C)=O)c3)cc2)CCC(=O)NC1=O. The molecule has 1 heterocycles. The van der Waals surface area contributed by atoms with Gasteiger partial charge in [0.05, 0.1) is 11.1 Å². The minimum Gasteiger partial charge on any atom is -0.324 e. The molecule has 2 aromatic rings. The zero-order valence-electron chi connectivity index (χ0n) is 16.7. The number of carbonyl (C=O) groups excluding carboxylic acids is 4. The summed E-state index contributed by atoms with van der Waals surface area (Å²) >= 11 is 0. The summed E-state index contributed by atoms with van der Waals surface area (Å²) in [6.07, 6.45) is 1.25. The van der Waals surface area contributed by atoms with E-state index in [9.17, 15) is 23.6 Å². The van der Waals surface area contributed by atoms with E-state index in [0.717, 1.165) is 11.6 Å². The van der Waals surface area contributed by atoms with E-state index in [2.05, 4.69) is 16.0 Å². The van der Waals surface area contributed by atoms with Gasteiger partial charge in [-0.1, -0.05) is 19.1 Å². The Balaban J connectivity index is 1.77. The molecule has 0 aromatic heterocycles. The Hall–Kier alpha value is -3.55. The molecule has 4 amide bonds. The van der Waals surface area contributed by atoms with Crippen LogP contribution < -0.4 is 16.0 Å². The summed E-state index contributed by atoms with van der Waals surface area (Å²) in [4.78, 5) is 47.7. The molecule has 3 rings (SSSR count). The molecule has 1 fully saturated rings. The fraction of sp³-hybridized carbons (Fsp3) is 0.273. The molecule has 3 N–H and O–H groups in total. The van der Waals surface area contributed by atoms with Crippen LogP contribution >= 0.6 is 0 Å². The van der Waals surface area contributed by atoms with E-state index in [4.69, 9.17) is 0 Å². The lowest BCUT2D eigenvalue weighted by Gasteiger charge is -2.35. The van der Waals surface area contributed by atoms with Gasteiger partial charge in [0.1, 0.15) is 5.82 Å². The highest BCUT2D eigenvalue weighted by Gasteiger charge is 2.42. The minimum absolute atomic E-state index is 0.0757. The van der Waals surface area contributed by atoms with Gasteiger partial charge in [0.15, 0.2) is 0 Å². The lowest BCUT2D eigenvalue weighted by molar-refractivity contribution is -0.138. The fourth-order valence-electron chi connectivity index (χ4n) is 3.59. The number of amides is 4. The summed E-state index contributed by atoms with van der Waals surface area (Å²) < 4.78 is 13.8. The highest BCUT2D eigenvalue weighted by Crippen LogP contribution is 2.36. The number of carbonyl (C=O) groups is 4. The summed E-state index contributed by atoms with van der Waals surface area (Å²) in [5.41, 5.74) is 0.587. The van der Waals surface area contributed by atoms with Crippen molar-refractivity contribution in [3.63, 3.8) is 0 Å². The summed E-state index contributed by atoms with van der Waals surface area (Å²) in [6.45, 7) is 3.14. The number of rotatable bonds is 5. The van der Waals surface area contributed by atoms with Gasteiger partial charge in [0.2, 0.25) is 17.7 Å². The van der Waals surface area contributed by atoms with Crippen LogP contribution in [0.15, 0.2) is 42.5 Å². The average molecular weight is 411 g/mol. The van der Waals surface area contributed by atoms with Crippen LogP contribution in [-0.4, -0.2) is 23.6 Å². The highest BCUT2D eigenvalue weighted by molar-refractivity contribution is 6.06. The molecule has 1 aliphatic rings. The second-order valence-electron chi connectivity index (χ2n) is 7.22. The molecule has 30 heavy (non-hydrogen) atoms. The predicted octanol–water partition coefficient (Wildman–Crippen LogP) is 3.12. The van der Waals surface area contributed by atoms with Crippen LogP contribution in [0.3, 0.4) is 0 Å². The largest absolute Gasteiger partial charge is 0.324 e. The highest BCUT2D eigenvalue weighted by atomic mass is 19.1. The first-order chi connectivity index (χ1) is 14.2. The maximum Gasteiger partial charge on any atom is 0.255 e. The van der Waals surface area contributed by atoms with Crippen molar-refractivity contribution in [2.24, 2.45) is 0 Å². The number of nitrogens with one attached hydrogen (secondary N) is 3. The summed E-state index contributed by atoms with van der Waals surface area (Å²) in [7, 11) is 0. The Morgan fingerprint density at radius 3 is 2.40 bits per heavy atom. The van der Waals surface area contributed by atoms with Crippen molar-refractivity contribution < 1.29 is 23.6 Å². The quantitative estimate of drug-likeness (QED) is 0.658. The molecule has 1 atom stereocenters. The Kier molecular flexibility index (Phi) is 5.96. The standard InChI is InChI=1S/C22H22FN3O4/c1-3-22(11-10-19(28)26-21(22)30)15-5-7-16(8-6-15)25-20(29)14-4-9-17(23)18(12-14)24-13(2)27/h4-9,12H,3,10-11H2,1-2H3,(H,24,27)(H,25,29)(H,26,28,30)/t22-/m1/s1. The average Bonchev–Trinajstić information content (AvgIpc) is 2.70. The molecule has 1 saturated heterocycles. The van der Waals surface area contributed by atoms with E-state index in [-0.39, 0.29) is 29.5 Å². The topological polar surface area (TPSA) is 104 Å². The summed E-state index contributed by atoms with van der Waals surface area (Å²) in [5, 5.41) is 7.45. The predicted molar refractivity (Wildman–Crippen MR) is 109 cm³/mol. The van der Waals surface area contributed by atoms with Gasteiger partial charge >= 0.3 is 0 Å². The molecule has 0 aliphatic carbocycles. The molecule has 8 heteroatoms. The van der Waals surface area contributed by atoms with E-state index >= 15 is 0 Å². The molecule has 7 nitrogen and oxygen atoms in total. The van der Waals surface area contributed by atoms with Gasteiger partial charge in [0, 0.05) is 24.6 Å². The zero-order valence-corrected chi connectivity index (χ0v) is 16.7. The number of benzene rings is 2. The van der Waals surface area contributed by atoms with Crippen molar-refractivity contribution in [3.8, 4) is 0 Å². The smallest absolute Gasteiger partial charge is 0.255 e. The maximum absolute atomic E-state index is 13.8. The van der Waals surface area contributed by atoms with Crippen molar-refractivity contribution in [3.05, 3.63) is 59.4 Å². The van der Waals surface area contributed by atoms with E-state index in [1.54, 1.807) is 24.3 Å². The third-order valence-corrected chi connectivity index (χ3v) is 5.30. The van der Waals surface area contributed by atoms with Crippen molar-refractivity contribution in [1.82, 2.24) is 5.32 Å². The first-order valence-electron chi connectivity index (χ1n) is 9.58. The second kappa shape index (κ2) is 8.44. The molecular formula is C22H22FN3O4. The number of imide groups is 1. The van der Waals surface area contributed by atoms with Crippen molar-refractivity contribution >= 4 is 35.0 Å². The third-order valence-electron chi connectivity index (χ3n) is 5.30. The molecule has 156 valence electrons. The molecule has 2 aromatic carbocycles. The van der Waals surface area contributed by atoms with Crippen LogP contribution in [0, 0.1) is 5.82 Å². The van der Waals surface area contributed by atoms with Gasteiger partial charge in [-0.3, -0.25) is 24.5 Å². The fourth-order valence-corrected chi connectivity index (χ4v) is 3.59. The van der Waals surface area contributed by atoms with Crippen LogP contribution in [0.2, 0.25) is 0 Å². The molecule has 0 bridgehead atoms. The van der Waals surface area contributed by atoms with E-state index in [1.165, 1.54) is 19.1 Å². The van der Waals surface area contributed by atoms with E-state index < -0.39 is 23.0 Å². The van der Waals surface area contributed by atoms with Gasteiger partial charge in [-0.05, 0) is 48.7 Å². The molecule has 0 spiro atoms. The van der Waals surface area contributed by atoms with Gasteiger partial charge in [0.25, 0.3) is 5.91 Å². The van der Waals surface area contributed by atoms with Gasteiger partial charge in [-0.25, -0.2) is 4.39 Å². The van der Waals surface area contributed by atoms with E-state index in [0.29, 0.717) is 18.5 Å². The third kappa shape index (κ3) is 4.22. The molecular weight excluding hydrogens is 389 g/mol. The Morgan fingerprint density at radius 2 is 1.80 bits per heavy atom. The Bertz CT molecular complexity index is 1020. The first-order valence-corrected chi connectivity index (χ1v) is 9.58. The molecule has 0 radical (unpaired) electrons. The van der Waals surface area contributed by atoms with Crippen LogP contribution in [0.4, 0.5) is 15.8 Å². The molecule has 0 saturated carbocycles.